The molecule has 0 bridgehead atoms. The minimum absolute atomic E-state index is 0.554. The molecule has 0 saturated heterocycles. The lowest BCUT2D eigenvalue weighted by Gasteiger charge is -2.32. The highest BCUT2D eigenvalue weighted by Gasteiger charge is 2.24. The quantitative estimate of drug-likeness (QED) is 0.440. The second kappa shape index (κ2) is 9.23. The van der Waals surface area contributed by atoms with E-state index in [0.717, 1.165) is 37.2 Å². The van der Waals surface area contributed by atoms with Crippen molar-refractivity contribution in [2.45, 2.75) is 83.2 Å². The Morgan fingerprint density at radius 1 is 0.789 bits per heavy atom. The van der Waals surface area contributed by atoms with E-state index in [9.17, 15) is 0 Å². The van der Waals surface area contributed by atoms with Gasteiger partial charge in [-0.15, -0.1) is 11.6 Å². The maximum atomic E-state index is 5.96. The van der Waals surface area contributed by atoms with Crippen molar-refractivity contribution in [1.82, 2.24) is 0 Å². The van der Waals surface area contributed by atoms with Crippen LogP contribution >= 0.6 is 11.6 Å². The Morgan fingerprint density at radius 3 is 2.16 bits per heavy atom. The van der Waals surface area contributed by atoms with Crippen LogP contribution in [0.5, 0.6) is 0 Å². The summed E-state index contributed by atoms with van der Waals surface area (Å²) in [7, 11) is 0. The van der Waals surface area contributed by atoms with E-state index in [1.807, 2.05) is 0 Å². The molecule has 2 saturated carbocycles. The second-order valence-corrected chi connectivity index (χ2v) is 7.03. The van der Waals surface area contributed by atoms with E-state index in [0.29, 0.717) is 6.10 Å². The van der Waals surface area contributed by atoms with E-state index in [1.165, 1.54) is 64.2 Å². The number of rotatable bonds is 7. The van der Waals surface area contributed by atoms with E-state index < -0.39 is 0 Å². The molecule has 0 aromatic carbocycles. The lowest BCUT2D eigenvalue weighted by molar-refractivity contribution is 0.0136. The molecular weight excluding hydrogens is 256 g/mol. The van der Waals surface area contributed by atoms with Gasteiger partial charge in [0.15, 0.2) is 0 Å². The number of ether oxygens (including phenoxy) is 1. The molecule has 2 aliphatic carbocycles. The minimum atomic E-state index is 0.554. The Hall–Kier alpha value is 0.250. The summed E-state index contributed by atoms with van der Waals surface area (Å²) in [6.07, 6.45) is 17.2. The molecule has 0 aromatic rings. The molecule has 0 atom stereocenters. The maximum absolute atomic E-state index is 5.96. The van der Waals surface area contributed by atoms with Crippen molar-refractivity contribution in [3.63, 3.8) is 0 Å². The molecule has 2 aliphatic rings. The lowest BCUT2D eigenvalue weighted by Crippen LogP contribution is -2.24. The van der Waals surface area contributed by atoms with Gasteiger partial charge in [0, 0.05) is 12.5 Å². The van der Waals surface area contributed by atoms with Gasteiger partial charge >= 0.3 is 0 Å². The van der Waals surface area contributed by atoms with E-state index >= 15 is 0 Å². The van der Waals surface area contributed by atoms with Crippen LogP contribution in [0.3, 0.4) is 0 Å². The topological polar surface area (TPSA) is 9.23 Å². The van der Waals surface area contributed by atoms with Gasteiger partial charge in [0.2, 0.25) is 0 Å². The van der Waals surface area contributed by atoms with Gasteiger partial charge < -0.3 is 4.74 Å². The summed E-state index contributed by atoms with van der Waals surface area (Å²) in [5, 5.41) is 0. The van der Waals surface area contributed by atoms with Gasteiger partial charge in [-0.05, 0) is 56.8 Å². The summed E-state index contributed by atoms with van der Waals surface area (Å²) in [5.41, 5.74) is 0. The van der Waals surface area contributed by atoms with Gasteiger partial charge in [0.1, 0.15) is 0 Å². The van der Waals surface area contributed by atoms with E-state index in [4.69, 9.17) is 16.3 Å². The first-order valence-corrected chi connectivity index (χ1v) is 9.09. The van der Waals surface area contributed by atoms with E-state index in [-0.39, 0.29) is 0 Å². The standard InChI is InChI=1S/C17H31ClO/c18-12-4-5-13-19-17-10-8-16(9-11-17)14-15-6-2-1-3-7-15/h15-17H,1-14H2. The summed E-state index contributed by atoms with van der Waals surface area (Å²) < 4.78 is 5.96. The Kier molecular flexibility index (Phi) is 7.60. The first kappa shape index (κ1) is 15.6. The molecule has 0 radical (unpaired) electrons. The Labute approximate surface area is 124 Å². The molecule has 0 heterocycles. The number of alkyl halides is 1. The smallest absolute Gasteiger partial charge is 0.0575 e. The Balaban J connectivity index is 1.54. The van der Waals surface area contributed by atoms with Crippen LogP contribution in [0.2, 0.25) is 0 Å². The molecule has 0 aliphatic heterocycles. The number of hydrogen-bond acceptors (Lipinski definition) is 1. The van der Waals surface area contributed by atoms with Crippen molar-refractivity contribution in [1.29, 1.82) is 0 Å². The molecule has 0 unspecified atom stereocenters. The Morgan fingerprint density at radius 2 is 1.47 bits per heavy atom. The zero-order chi connectivity index (χ0) is 13.3. The zero-order valence-electron chi connectivity index (χ0n) is 12.4. The van der Waals surface area contributed by atoms with Crippen molar-refractivity contribution >= 4 is 11.6 Å². The van der Waals surface area contributed by atoms with Crippen molar-refractivity contribution in [2.24, 2.45) is 11.8 Å². The highest BCUT2D eigenvalue weighted by molar-refractivity contribution is 6.17. The third-order valence-electron chi connectivity index (χ3n) is 5.07. The van der Waals surface area contributed by atoms with Gasteiger partial charge in [-0.1, -0.05) is 32.1 Å². The molecule has 0 amide bonds. The lowest BCUT2D eigenvalue weighted by atomic mass is 9.77. The fourth-order valence-corrected chi connectivity index (χ4v) is 4.06. The van der Waals surface area contributed by atoms with Crippen LogP contribution in [0.25, 0.3) is 0 Å². The van der Waals surface area contributed by atoms with Crippen molar-refractivity contribution in [3.05, 3.63) is 0 Å². The predicted molar refractivity (Wildman–Crippen MR) is 82.8 cm³/mol. The van der Waals surface area contributed by atoms with Crippen LogP contribution in [0.1, 0.15) is 77.0 Å². The molecule has 19 heavy (non-hydrogen) atoms. The zero-order valence-corrected chi connectivity index (χ0v) is 13.2. The minimum Gasteiger partial charge on any atom is -0.378 e. The van der Waals surface area contributed by atoms with Gasteiger partial charge in [0.05, 0.1) is 6.10 Å². The van der Waals surface area contributed by atoms with Crippen LogP contribution in [-0.2, 0) is 4.74 Å². The molecular formula is C17H31ClO. The maximum Gasteiger partial charge on any atom is 0.0575 e. The molecule has 2 heteroatoms. The average Bonchev–Trinajstić information content (AvgIpc) is 2.46. The number of unbranched alkanes of at least 4 members (excludes halogenated alkanes) is 1. The predicted octanol–water partition coefficient (Wildman–Crippen LogP) is 5.55. The largest absolute Gasteiger partial charge is 0.378 e. The van der Waals surface area contributed by atoms with Gasteiger partial charge in [-0.3, -0.25) is 0 Å². The summed E-state index contributed by atoms with van der Waals surface area (Å²) >= 11 is 5.68. The number of halogens is 1. The Bertz CT molecular complexity index is 217. The van der Waals surface area contributed by atoms with E-state index in [1.54, 1.807) is 0 Å². The summed E-state index contributed by atoms with van der Waals surface area (Å²) in [6.45, 7) is 0.921. The fourth-order valence-electron chi connectivity index (χ4n) is 3.88. The molecule has 112 valence electrons. The van der Waals surface area contributed by atoms with Crippen molar-refractivity contribution in [3.8, 4) is 0 Å². The monoisotopic (exact) mass is 286 g/mol. The van der Waals surface area contributed by atoms with Crippen LogP contribution in [0.15, 0.2) is 0 Å². The molecule has 0 N–H and O–H groups in total. The second-order valence-electron chi connectivity index (χ2n) is 6.65. The third kappa shape index (κ3) is 6.04. The first-order valence-electron chi connectivity index (χ1n) is 8.56. The van der Waals surface area contributed by atoms with Gasteiger partial charge in [0.25, 0.3) is 0 Å². The van der Waals surface area contributed by atoms with Crippen LogP contribution in [0.4, 0.5) is 0 Å². The summed E-state index contributed by atoms with van der Waals surface area (Å²) in [5.74, 6) is 2.84. The molecule has 1 nitrogen and oxygen atoms in total. The van der Waals surface area contributed by atoms with Crippen LogP contribution in [-0.4, -0.2) is 18.6 Å². The number of hydrogen-bond donors (Lipinski definition) is 0. The van der Waals surface area contributed by atoms with Crippen LogP contribution in [0, 0.1) is 11.8 Å². The average molecular weight is 287 g/mol. The molecule has 2 fully saturated rings. The highest BCUT2D eigenvalue weighted by atomic mass is 35.5. The summed E-state index contributed by atoms with van der Waals surface area (Å²) in [6, 6.07) is 0. The highest BCUT2D eigenvalue weighted by Crippen LogP contribution is 2.35. The van der Waals surface area contributed by atoms with Gasteiger partial charge in [-0.25, -0.2) is 0 Å². The molecule has 0 spiro atoms. The third-order valence-corrected chi connectivity index (χ3v) is 5.33. The molecule has 2 rings (SSSR count). The molecule has 0 aromatic heterocycles. The summed E-state index contributed by atoms with van der Waals surface area (Å²) in [4.78, 5) is 0. The SMILES string of the molecule is ClCCCCOC1CCC(CC2CCCCC2)CC1. The van der Waals surface area contributed by atoms with Crippen molar-refractivity contribution < 1.29 is 4.74 Å². The fraction of sp³-hybridized carbons (Fsp3) is 1.00. The van der Waals surface area contributed by atoms with Crippen molar-refractivity contribution in [2.75, 3.05) is 12.5 Å². The van der Waals surface area contributed by atoms with Gasteiger partial charge in [-0.2, -0.15) is 0 Å². The first-order chi connectivity index (χ1) is 9.38. The van der Waals surface area contributed by atoms with E-state index in [2.05, 4.69) is 0 Å². The van der Waals surface area contributed by atoms with Crippen LogP contribution < -0.4 is 0 Å². The normalized spacial score (nSPS) is 29.5.